The van der Waals surface area contributed by atoms with E-state index in [4.69, 9.17) is 32.4 Å². The number of rotatable bonds is 7. The van der Waals surface area contributed by atoms with Crippen molar-refractivity contribution in [3.05, 3.63) is 57.9 Å². The number of fused-ring (bicyclic) bond motifs is 1. The molecule has 33 heavy (non-hydrogen) atoms. The second kappa shape index (κ2) is 10.8. The normalized spacial score (nSPS) is 15.4. The molecule has 2 aromatic heterocycles. The number of nitrogens with one attached hydrogen (secondary N) is 1. The summed E-state index contributed by atoms with van der Waals surface area (Å²) in [5.74, 6) is -0.307. The van der Waals surface area contributed by atoms with E-state index in [0.29, 0.717) is 21.6 Å². The van der Waals surface area contributed by atoms with Crippen LogP contribution in [0.3, 0.4) is 0 Å². The van der Waals surface area contributed by atoms with Gasteiger partial charge < -0.3 is 14.5 Å². The summed E-state index contributed by atoms with van der Waals surface area (Å²) in [6.45, 7) is 1.48. The molecule has 9 heteroatoms. The lowest BCUT2D eigenvalue weighted by Crippen LogP contribution is -2.30. The van der Waals surface area contributed by atoms with Crippen molar-refractivity contribution in [1.82, 2.24) is 4.98 Å². The molecule has 0 radical (unpaired) electrons. The number of carbonyl (C=O) groups is 2. The molecule has 0 aliphatic heterocycles. The van der Waals surface area contributed by atoms with Crippen molar-refractivity contribution in [3.63, 3.8) is 0 Å². The van der Waals surface area contributed by atoms with Gasteiger partial charge in [0.25, 0.3) is 5.91 Å². The number of anilines is 1. The molecular weight excluding hydrogens is 483 g/mol. The van der Waals surface area contributed by atoms with Gasteiger partial charge in [-0.05, 0) is 31.9 Å². The molecule has 0 unspecified atom stereocenters. The van der Waals surface area contributed by atoms with Gasteiger partial charge in [0.1, 0.15) is 5.58 Å². The Balaban J connectivity index is 1.47. The third-order valence-electron chi connectivity index (χ3n) is 5.60. The number of aromatic nitrogens is 1. The molecule has 0 saturated heterocycles. The Morgan fingerprint density at radius 1 is 1.24 bits per heavy atom. The Labute approximate surface area is 206 Å². The molecule has 2 heterocycles. The van der Waals surface area contributed by atoms with Gasteiger partial charge in [0.05, 0.1) is 10.0 Å². The quantitative estimate of drug-likeness (QED) is 0.351. The number of furan rings is 1. The van der Waals surface area contributed by atoms with E-state index in [1.165, 1.54) is 51.3 Å². The Kier molecular flexibility index (Phi) is 7.83. The van der Waals surface area contributed by atoms with Gasteiger partial charge in [0.15, 0.2) is 11.9 Å². The molecule has 1 N–H and O–H groups in total. The maximum Gasteiger partial charge on any atom is 0.375 e. The average Bonchev–Trinajstić information content (AvgIpc) is 3.19. The molecule has 1 aliphatic carbocycles. The molecule has 1 atom stereocenters. The van der Waals surface area contributed by atoms with Crippen molar-refractivity contribution in [2.75, 3.05) is 5.32 Å². The minimum atomic E-state index is -1.09. The van der Waals surface area contributed by atoms with Gasteiger partial charge in [-0.2, -0.15) is 11.8 Å². The van der Waals surface area contributed by atoms with Gasteiger partial charge in [-0.25, -0.2) is 9.78 Å². The third kappa shape index (κ3) is 5.83. The maximum atomic E-state index is 13.0. The molecule has 1 amide bonds. The number of nitrogens with zero attached hydrogens (tertiary/aromatic N) is 1. The Hall–Kier alpha value is -2.22. The third-order valence-corrected chi connectivity index (χ3v) is 7.49. The minimum Gasteiger partial charge on any atom is -0.449 e. The standard InChI is InChI=1S/C24H24Cl2N2O4S/c1-14(23(29)28-22-19(26)11-15(25)12-27-22)31-24(30)21-18(13-33-16-7-3-2-4-8-16)17-9-5-6-10-20(17)32-21/h5-6,9-12,14,16H,2-4,7-8,13H2,1H3,(H,27,28,29)/t14-/m0/s1. The number of halogens is 2. The molecule has 0 spiro atoms. The van der Waals surface area contributed by atoms with Crippen molar-refractivity contribution in [3.8, 4) is 0 Å². The molecule has 1 fully saturated rings. The SMILES string of the molecule is C[C@H](OC(=O)c1oc2ccccc2c1CSC1CCCCC1)C(=O)Nc1ncc(Cl)cc1Cl. The van der Waals surface area contributed by atoms with Crippen LogP contribution < -0.4 is 5.32 Å². The van der Waals surface area contributed by atoms with Crippen LogP contribution in [0.15, 0.2) is 40.9 Å². The highest BCUT2D eigenvalue weighted by atomic mass is 35.5. The lowest BCUT2D eigenvalue weighted by Gasteiger charge is -2.20. The summed E-state index contributed by atoms with van der Waals surface area (Å²) >= 11 is 13.7. The second-order valence-electron chi connectivity index (χ2n) is 8.00. The molecule has 1 aromatic carbocycles. The molecule has 1 saturated carbocycles. The number of para-hydroxylation sites is 1. The number of ether oxygens (including phenoxy) is 1. The molecule has 4 rings (SSSR count). The van der Waals surface area contributed by atoms with E-state index >= 15 is 0 Å². The molecule has 3 aromatic rings. The van der Waals surface area contributed by atoms with E-state index in [1.54, 1.807) is 0 Å². The smallest absolute Gasteiger partial charge is 0.375 e. The van der Waals surface area contributed by atoms with Crippen LogP contribution in [0.5, 0.6) is 0 Å². The molecule has 0 bridgehead atoms. The maximum absolute atomic E-state index is 13.0. The number of amides is 1. The lowest BCUT2D eigenvalue weighted by molar-refractivity contribution is -0.123. The van der Waals surface area contributed by atoms with E-state index in [-0.39, 0.29) is 16.6 Å². The minimum absolute atomic E-state index is 0.141. The average molecular weight is 507 g/mol. The highest BCUT2D eigenvalue weighted by molar-refractivity contribution is 7.99. The van der Waals surface area contributed by atoms with Gasteiger partial charge in [-0.1, -0.05) is 60.7 Å². The highest BCUT2D eigenvalue weighted by Gasteiger charge is 2.27. The van der Waals surface area contributed by atoms with Gasteiger partial charge in [0, 0.05) is 28.1 Å². The number of benzene rings is 1. The van der Waals surface area contributed by atoms with Crippen molar-refractivity contribution in [1.29, 1.82) is 0 Å². The predicted octanol–water partition coefficient (Wildman–Crippen LogP) is 6.88. The molecular formula is C24H24Cl2N2O4S. The number of esters is 1. The first kappa shape index (κ1) is 23.9. The number of hydrogen-bond donors (Lipinski definition) is 1. The van der Waals surface area contributed by atoms with Crippen molar-refractivity contribution in [2.24, 2.45) is 0 Å². The van der Waals surface area contributed by atoms with Crippen LogP contribution in [0.2, 0.25) is 10.0 Å². The first-order chi connectivity index (χ1) is 15.9. The Morgan fingerprint density at radius 2 is 2.00 bits per heavy atom. The molecule has 6 nitrogen and oxygen atoms in total. The fraction of sp³-hybridized carbons (Fsp3) is 0.375. The van der Waals surface area contributed by atoms with Crippen LogP contribution in [0.1, 0.15) is 55.1 Å². The van der Waals surface area contributed by atoms with E-state index in [0.717, 1.165) is 10.9 Å². The number of pyridine rings is 1. The van der Waals surface area contributed by atoms with Crippen LogP contribution in [0.25, 0.3) is 11.0 Å². The Bertz CT molecular complexity index is 1160. The zero-order valence-electron chi connectivity index (χ0n) is 18.1. The topological polar surface area (TPSA) is 81.4 Å². The predicted molar refractivity (Wildman–Crippen MR) is 132 cm³/mol. The molecule has 174 valence electrons. The fourth-order valence-electron chi connectivity index (χ4n) is 3.83. The number of thioether (sulfide) groups is 1. The summed E-state index contributed by atoms with van der Waals surface area (Å²) in [7, 11) is 0. The van der Waals surface area contributed by atoms with Gasteiger partial charge >= 0.3 is 5.97 Å². The van der Waals surface area contributed by atoms with Crippen LogP contribution >= 0.6 is 35.0 Å². The number of hydrogen-bond acceptors (Lipinski definition) is 6. The van der Waals surface area contributed by atoms with Crippen molar-refractivity contribution < 1.29 is 18.7 Å². The van der Waals surface area contributed by atoms with Gasteiger partial charge in [0.2, 0.25) is 5.76 Å². The monoisotopic (exact) mass is 506 g/mol. The van der Waals surface area contributed by atoms with E-state index in [1.807, 2.05) is 36.0 Å². The van der Waals surface area contributed by atoms with Gasteiger partial charge in [-0.15, -0.1) is 0 Å². The second-order valence-corrected chi connectivity index (χ2v) is 10.1. The summed E-state index contributed by atoms with van der Waals surface area (Å²) in [6.07, 6.45) is 6.45. The zero-order valence-corrected chi connectivity index (χ0v) is 20.4. The van der Waals surface area contributed by atoms with Crippen LogP contribution in [-0.4, -0.2) is 28.2 Å². The summed E-state index contributed by atoms with van der Waals surface area (Å²) in [5, 5.41) is 4.56. The fourth-order valence-corrected chi connectivity index (χ4v) is 5.62. The summed E-state index contributed by atoms with van der Waals surface area (Å²) in [6, 6.07) is 9.01. The van der Waals surface area contributed by atoms with E-state index in [9.17, 15) is 9.59 Å². The first-order valence-corrected chi connectivity index (χ1v) is 12.7. The summed E-state index contributed by atoms with van der Waals surface area (Å²) < 4.78 is 11.3. The Morgan fingerprint density at radius 3 is 2.76 bits per heavy atom. The largest absolute Gasteiger partial charge is 0.449 e. The van der Waals surface area contributed by atoms with Crippen molar-refractivity contribution >= 4 is 63.6 Å². The van der Waals surface area contributed by atoms with Gasteiger partial charge in [-0.3, -0.25) is 4.79 Å². The summed E-state index contributed by atoms with van der Waals surface area (Å²) in [5.41, 5.74) is 1.43. The van der Waals surface area contributed by atoms with Crippen molar-refractivity contribution in [2.45, 2.75) is 56.1 Å². The highest BCUT2D eigenvalue weighted by Crippen LogP contribution is 2.35. The van der Waals surface area contributed by atoms with Crippen LogP contribution in [-0.2, 0) is 15.3 Å². The zero-order chi connectivity index (χ0) is 23.4. The van der Waals surface area contributed by atoms with E-state index < -0.39 is 18.0 Å². The summed E-state index contributed by atoms with van der Waals surface area (Å²) in [4.78, 5) is 29.5. The molecule has 1 aliphatic rings. The van der Waals surface area contributed by atoms with Crippen LogP contribution in [0.4, 0.5) is 5.82 Å². The lowest BCUT2D eigenvalue weighted by atomic mass is 10.0. The first-order valence-electron chi connectivity index (χ1n) is 10.9. The number of carbonyl (C=O) groups excluding carboxylic acids is 2. The van der Waals surface area contributed by atoms with Crippen LogP contribution in [0, 0.1) is 0 Å². The van der Waals surface area contributed by atoms with E-state index in [2.05, 4.69) is 10.3 Å².